The molecule has 2 heterocycles. The van der Waals surface area contributed by atoms with E-state index in [-0.39, 0.29) is 24.4 Å². The summed E-state index contributed by atoms with van der Waals surface area (Å²) in [5.41, 5.74) is 0. The number of hydrogen-bond donors (Lipinski definition) is 2. The fourth-order valence-electron chi connectivity index (χ4n) is 2.23. The molecular weight excluding hydrogens is 260 g/mol. The van der Waals surface area contributed by atoms with Crippen LogP contribution in [0.1, 0.15) is 25.0 Å². The Morgan fingerprint density at radius 3 is 2.95 bits per heavy atom. The van der Waals surface area contributed by atoms with Crippen LogP contribution in [0.4, 0.5) is 5.82 Å². The monoisotopic (exact) mass is 280 g/mol. The summed E-state index contributed by atoms with van der Waals surface area (Å²) in [5.74, 6) is 0.654. The second kappa shape index (κ2) is 6.51. The lowest BCUT2D eigenvalue weighted by Crippen LogP contribution is -2.49. The van der Waals surface area contributed by atoms with Gasteiger partial charge in [-0.3, -0.25) is 9.59 Å². The van der Waals surface area contributed by atoms with Crippen molar-refractivity contribution in [1.29, 1.82) is 0 Å². The third-order valence-electron chi connectivity index (χ3n) is 3.26. The van der Waals surface area contributed by atoms with Crippen molar-refractivity contribution in [1.82, 2.24) is 15.4 Å². The molecule has 1 aliphatic heterocycles. The SMILES string of the molecule is Cc1cc(NC(=O)CN(C)C(=O)[C@@H]2CCCCN2)no1. The average Bonchev–Trinajstić information content (AvgIpc) is 2.84. The molecule has 0 saturated carbocycles. The van der Waals surface area contributed by atoms with Crippen LogP contribution in [-0.4, -0.2) is 48.0 Å². The topological polar surface area (TPSA) is 87.5 Å². The number of aryl methyl sites for hydroxylation is 1. The van der Waals surface area contributed by atoms with Crippen LogP contribution in [0.15, 0.2) is 10.6 Å². The molecule has 1 aliphatic rings. The molecule has 0 unspecified atom stereocenters. The molecule has 1 fully saturated rings. The van der Waals surface area contributed by atoms with Gasteiger partial charge in [-0.05, 0) is 26.3 Å². The standard InChI is InChI=1S/C13H20N4O3/c1-9-7-11(16-20-9)15-12(18)8-17(2)13(19)10-5-3-4-6-14-10/h7,10,14H,3-6,8H2,1-2H3,(H,15,16,18)/t10-/m0/s1. The third kappa shape index (κ3) is 3.80. The number of rotatable bonds is 4. The van der Waals surface area contributed by atoms with Crippen LogP contribution in [-0.2, 0) is 9.59 Å². The Hall–Kier alpha value is -1.89. The first-order valence-electron chi connectivity index (χ1n) is 6.78. The van der Waals surface area contributed by atoms with Gasteiger partial charge in [-0.25, -0.2) is 0 Å². The van der Waals surface area contributed by atoms with Gasteiger partial charge in [-0.1, -0.05) is 11.6 Å². The van der Waals surface area contributed by atoms with Gasteiger partial charge in [0.05, 0.1) is 12.6 Å². The number of carbonyl (C=O) groups excluding carboxylic acids is 2. The summed E-state index contributed by atoms with van der Waals surface area (Å²) >= 11 is 0. The summed E-state index contributed by atoms with van der Waals surface area (Å²) in [6, 6.07) is 1.46. The van der Waals surface area contributed by atoms with E-state index in [4.69, 9.17) is 4.52 Å². The first kappa shape index (κ1) is 14.5. The van der Waals surface area contributed by atoms with Crippen LogP contribution >= 0.6 is 0 Å². The molecule has 110 valence electrons. The van der Waals surface area contributed by atoms with Crippen LogP contribution in [0.5, 0.6) is 0 Å². The lowest BCUT2D eigenvalue weighted by Gasteiger charge is -2.27. The molecule has 0 aromatic carbocycles. The molecule has 1 atom stereocenters. The fraction of sp³-hybridized carbons (Fsp3) is 0.615. The summed E-state index contributed by atoms with van der Waals surface area (Å²) in [6.45, 7) is 2.60. The van der Waals surface area contributed by atoms with E-state index in [1.54, 1.807) is 20.0 Å². The van der Waals surface area contributed by atoms with Crippen LogP contribution in [0.3, 0.4) is 0 Å². The molecule has 1 aromatic heterocycles. The Morgan fingerprint density at radius 2 is 2.35 bits per heavy atom. The number of likely N-dealkylation sites (N-methyl/N-ethyl adjacent to an activating group) is 1. The Bertz CT molecular complexity index is 480. The van der Waals surface area contributed by atoms with Crippen LogP contribution in [0, 0.1) is 6.92 Å². The first-order chi connectivity index (χ1) is 9.56. The molecule has 0 spiro atoms. The summed E-state index contributed by atoms with van der Waals surface area (Å²) in [5, 5.41) is 9.44. The first-order valence-corrected chi connectivity index (χ1v) is 6.78. The maximum Gasteiger partial charge on any atom is 0.245 e. The number of piperidine rings is 1. The highest BCUT2D eigenvalue weighted by atomic mass is 16.5. The quantitative estimate of drug-likeness (QED) is 0.839. The second-order valence-corrected chi connectivity index (χ2v) is 5.07. The van der Waals surface area contributed by atoms with Crippen LogP contribution < -0.4 is 10.6 Å². The zero-order chi connectivity index (χ0) is 14.5. The maximum absolute atomic E-state index is 12.1. The van der Waals surface area contributed by atoms with Gasteiger partial charge in [0.25, 0.3) is 0 Å². The Balaban J connectivity index is 1.82. The van der Waals surface area contributed by atoms with Gasteiger partial charge >= 0.3 is 0 Å². The van der Waals surface area contributed by atoms with Crippen LogP contribution in [0.25, 0.3) is 0 Å². The molecule has 2 rings (SSSR count). The van der Waals surface area contributed by atoms with E-state index >= 15 is 0 Å². The molecule has 2 amide bonds. The minimum absolute atomic E-state index is 0.00290. The molecule has 1 aromatic rings. The molecule has 1 saturated heterocycles. The summed E-state index contributed by atoms with van der Waals surface area (Å²) < 4.78 is 4.86. The van der Waals surface area contributed by atoms with Gasteiger partial charge in [0.1, 0.15) is 5.76 Å². The normalized spacial score (nSPS) is 18.6. The number of carbonyl (C=O) groups is 2. The number of aromatic nitrogens is 1. The largest absolute Gasteiger partial charge is 0.360 e. The van der Waals surface area contributed by atoms with Gasteiger partial charge in [0.15, 0.2) is 5.82 Å². The van der Waals surface area contributed by atoms with Crippen molar-refractivity contribution in [3.63, 3.8) is 0 Å². The number of nitrogens with zero attached hydrogens (tertiary/aromatic N) is 2. The van der Waals surface area contributed by atoms with Gasteiger partial charge in [0.2, 0.25) is 11.8 Å². The van der Waals surface area contributed by atoms with Crippen molar-refractivity contribution in [3.05, 3.63) is 11.8 Å². The van der Waals surface area contributed by atoms with E-state index in [0.717, 1.165) is 25.8 Å². The number of hydrogen-bond acceptors (Lipinski definition) is 5. The molecule has 0 radical (unpaired) electrons. The minimum Gasteiger partial charge on any atom is -0.360 e. The van der Waals surface area contributed by atoms with Gasteiger partial charge in [-0.15, -0.1) is 0 Å². The molecule has 7 nitrogen and oxygen atoms in total. The Labute approximate surface area is 117 Å². The van der Waals surface area contributed by atoms with Gasteiger partial charge in [-0.2, -0.15) is 0 Å². The molecular formula is C13H20N4O3. The van der Waals surface area contributed by atoms with Crippen molar-refractivity contribution in [3.8, 4) is 0 Å². The zero-order valence-electron chi connectivity index (χ0n) is 11.8. The van der Waals surface area contributed by atoms with E-state index in [1.807, 2.05) is 0 Å². The van der Waals surface area contributed by atoms with E-state index in [0.29, 0.717) is 11.6 Å². The lowest BCUT2D eigenvalue weighted by atomic mass is 10.0. The maximum atomic E-state index is 12.1. The molecule has 0 bridgehead atoms. The third-order valence-corrected chi connectivity index (χ3v) is 3.26. The van der Waals surface area contributed by atoms with Crippen molar-refractivity contribution >= 4 is 17.6 Å². The summed E-state index contributed by atoms with van der Waals surface area (Å²) in [7, 11) is 1.63. The lowest BCUT2D eigenvalue weighted by molar-refractivity contribution is -0.135. The predicted octanol–water partition coefficient (Wildman–Crippen LogP) is 0.522. The zero-order valence-corrected chi connectivity index (χ0v) is 11.8. The Kier molecular flexibility index (Phi) is 4.73. The van der Waals surface area contributed by atoms with Crippen molar-refractivity contribution in [2.24, 2.45) is 0 Å². The van der Waals surface area contributed by atoms with E-state index in [1.165, 1.54) is 4.90 Å². The summed E-state index contributed by atoms with van der Waals surface area (Å²) in [4.78, 5) is 25.4. The average molecular weight is 280 g/mol. The van der Waals surface area contributed by atoms with Crippen molar-refractivity contribution in [2.45, 2.75) is 32.2 Å². The van der Waals surface area contributed by atoms with E-state index in [9.17, 15) is 9.59 Å². The highest BCUT2D eigenvalue weighted by molar-refractivity contribution is 5.94. The number of nitrogens with one attached hydrogen (secondary N) is 2. The Morgan fingerprint density at radius 1 is 1.55 bits per heavy atom. The van der Waals surface area contributed by atoms with Crippen molar-refractivity contribution < 1.29 is 14.1 Å². The molecule has 20 heavy (non-hydrogen) atoms. The summed E-state index contributed by atoms with van der Waals surface area (Å²) in [6.07, 6.45) is 2.97. The van der Waals surface area contributed by atoms with Gasteiger partial charge in [0, 0.05) is 13.1 Å². The van der Waals surface area contributed by atoms with Gasteiger partial charge < -0.3 is 20.1 Å². The molecule has 0 aliphatic carbocycles. The highest BCUT2D eigenvalue weighted by Crippen LogP contribution is 2.10. The predicted molar refractivity (Wildman–Crippen MR) is 73.1 cm³/mol. The molecule has 2 N–H and O–H groups in total. The second-order valence-electron chi connectivity index (χ2n) is 5.07. The molecule has 7 heteroatoms. The number of anilines is 1. The minimum atomic E-state index is -0.287. The smallest absolute Gasteiger partial charge is 0.245 e. The number of amides is 2. The van der Waals surface area contributed by atoms with E-state index < -0.39 is 0 Å². The highest BCUT2D eigenvalue weighted by Gasteiger charge is 2.24. The van der Waals surface area contributed by atoms with Crippen molar-refractivity contribution in [2.75, 3.05) is 25.5 Å². The fourth-order valence-corrected chi connectivity index (χ4v) is 2.23. The van der Waals surface area contributed by atoms with E-state index in [2.05, 4.69) is 15.8 Å². The van der Waals surface area contributed by atoms with Crippen LogP contribution in [0.2, 0.25) is 0 Å².